The molecule has 0 unspecified atom stereocenters. The normalized spacial score (nSPS) is 17.1. The van der Waals surface area contributed by atoms with Crippen LogP contribution in [0.2, 0.25) is 0 Å². The average Bonchev–Trinajstić information content (AvgIpc) is 2.96. The molecule has 1 aromatic heterocycles. The van der Waals surface area contributed by atoms with Gasteiger partial charge in [-0.05, 0) is 18.9 Å². The Morgan fingerprint density at radius 1 is 1.42 bits per heavy atom. The maximum Gasteiger partial charge on any atom is 0.253 e. The second-order valence-electron chi connectivity index (χ2n) is 4.65. The number of carbonyl (C=O) groups is 1. The molecule has 1 amide bonds. The maximum absolute atomic E-state index is 12.5. The van der Waals surface area contributed by atoms with Crippen molar-refractivity contribution in [1.82, 2.24) is 4.31 Å². The minimum Gasteiger partial charge on any atom is -0.398 e. The summed E-state index contributed by atoms with van der Waals surface area (Å²) in [5.41, 5.74) is 11.2. The van der Waals surface area contributed by atoms with E-state index in [1.54, 1.807) is 5.38 Å². The number of primary amides is 1. The molecule has 4 N–H and O–H groups in total. The fourth-order valence-corrected chi connectivity index (χ4v) is 5.20. The van der Waals surface area contributed by atoms with Gasteiger partial charge in [0.25, 0.3) is 10.0 Å². The standard InChI is InChI=1S/C11H17N3O3S2/c12-8-5-11(18-7-8)19(16,17)14(6-10(13)15)9-3-1-2-4-9/h5,7,9H,1-4,6,12H2,(H2,13,15). The topological polar surface area (TPSA) is 106 Å². The van der Waals surface area contributed by atoms with Crippen LogP contribution in [-0.4, -0.2) is 31.2 Å². The van der Waals surface area contributed by atoms with Crippen LogP contribution in [0.1, 0.15) is 25.7 Å². The first-order chi connectivity index (χ1) is 8.91. The summed E-state index contributed by atoms with van der Waals surface area (Å²) >= 11 is 1.06. The van der Waals surface area contributed by atoms with Gasteiger partial charge < -0.3 is 11.5 Å². The third kappa shape index (κ3) is 3.07. The Labute approximate surface area is 116 Å². The van der Waals surface area contributed by atoms with Crippen LogP contribution in [0.15, 0.2) is 15.7 Å². The van der Waals surface area contributed by atoms with Crippen molar-refractivity contribution in [2.75, 3.05) is 12.3 Å². The lowest BCUT2D eigenvalue weighted by Crippen LogP contribution is -2.43. The number of hydrogen-bond donors (Lipinski definition) is 2. The molecule has 1 heterocycles. The number of nitrogen functional groups attached to an aromatic ring is 1. The van der Waals surface area contributed by atoms with Crippen molar-refractivity contribution in [3.63, 3.8) is 0 Å². The molecule has 1 aliphatic rings. The molecular weight excluding hydrogens is 286 g/mol. The van der Waals surface area contributed by atoms with Crippen molar-refractivity contribution in [2.45, 2.75) is 35.9 Å². The van der Waals surface area contributed by atoms with Gasteiger partial charge in [-0.2, -0.15) is 4.31 Å². The minimum absolute atomic E-state index is 0.138. The molecule has 106 valence electrons. The zero-order chi connectivity index (χ0) is 14.0. The Bertz CT molecular complexity index is 561. The van der Waals surface area contributed by atoms with Crippen LogP contribution in [0.5, 0.6) is 0 Å². The van der Waals surface area contributed by atoms with Gasteiger partial charge in [0, 0.05) is 17.1 Å². The summed E-state index contributed by atoms with van der Waals surface area (Å²) in [5.74, 6) is -0.639. The summed E-state index contributed by atoms with van der Waals surface area (Å²) in [6.07, 6.45) is 3.49. The highest BCUT2D eigenvalue weighted by Crippen LogP contribution is 2.31. The molecule has 0 bridgehead atoms. The molecule has 2 rings (SSSR count). The fraction of sp³-hybridized carbons (Fsp3) is 0.545. The van der Waals surface area contributed by atoms with Gasteiger partial charge in [0.05, 0.1) is 6.54 Å². The minimum atomic E-state index is -3.69. The Hall–Kier alpha value is -1.12. The monoisotopic (exact) mass is 303 g/mol. The van der Waals surface area contributed by atoms with E-state index in [9.17, 15) is 13.2 Å². The predicted octanol–water partition coefficient (Wildman–Crippen LogP) is 0.749. The van der Waals surface area contributed by atoms with Crippen LogP contribution in [0.4, 0.5) is 5.69 Å². The van der Waals surface area contributed by atoms with Crippen molar-refractivity contribution >= 4 is 33.0 Å². The molecule has 0 spiro atoms. The Morgan fingerprint density at radius 2 is 2.05 bits per heavy atom. The van der Waals surface area contributed by atoms with E-state index < -0.39 is 15.9 Å². The summed E-state index contributed by atoms with van der Waals surface area (Å²) in [6.45, 7) is -0.273. The molecule has 6 nitrogen and oxygen atoms in total. The van der Waals surface area contributed by atoms with Crippen molar-refractivity contribution in [2.24, 2.45) is 5.73 Å². The number of amides is 1. The lowest BCUT2D eigenvalue weighted by molar-refractivity contribution is -0.118. The first-order valence-corrected chi connectivity index (χ1v) is 8.37. The van der Waals surface area contributed by atoms with E-state index in [0.717, 1.165) is 37.0 Å². The summed E-state index contributed by atoms with van der Waals surface area (Å²) < 4.78 is 26.5. The van der Waals surface area contributed by atoms with E-state index in [-0.39, 0.29) is 16.8 Å². The Morgan fingerprint density at radius 3 is 2.53 bits per heavy atom. The summed E-state index contributed by atoms with van der Waals surface area (Å²) in [4.78, 5) is 11.1. The summed E-state index contributed by atoms with van der Waals surface area (Å²) in [5, 5.41) is 1.57. The molecule has 19 heavy (non-hydrogen) atoms. The Balaban J connectivity index is 2.33. The number of anilines is 1. The van der Waals surface area contributed by atoms with E-state index in [0.29, 0.717) is 5.69 Å². The molecule has 0 saturated heterocycles. The van der Waals surface area contributed by atoms with E-state index in [1.165, 1.54) is 10.4 Å². The number of sulfonamides is 1. The van der Waals surface area contributed by atoms with Gasteiger partial charge >= 0.3 is 0 Å². The van der Waals surface area contributed by atoms with Gasteiger partial charge in [0.15, 0.2) is 0 Å². The van der Waals surface area contributed by atoms with E-state index in [4.69, 9.17) is 11.5 Å². The van der Waals surface area contributed by atoms with Crippen LogP contribution < -0.4 is 11.5 Å². The number of rotatable bonds is 5. The molecule has 1 aliphatic carbocycles. The first kappa shape index (κ1) is 14.3. The quantitative estimate of drug-likeness (QED) is 0.837. The molecule has 0 atom stereocenters. The Kier molecular flexibility index (Phi) is 4.12. The van der Waals surface area contributed by atoms with E-state index in [1.807, 2.05) is 0 Å². The molecular formula is C11H17N3O3S2. The predicted molar refractivity (Wildman–Crippen MR) is 74.1 cm³/mol. The summed E-state index contributed by atoms with van der Waals surface area (Å²) in [6, 6.07) is 1.28. The van der Waals surface area contributed by atoms with Gasteiger partial charge in [0.1, 0.15) is 4.21 Å². The molecule has 0 aliphatic heterocycles. The van der Waals surface area contributed by atoms with Crippen molar-refractivity contribution in [1.29, 1.82) is 0 Å². The number of thiophene rings is 1. The van der Waals surface area contributed by atoms with Gasteiger partial charge in [0.2, 0.25) is 5.91 Å². The van der Waals surface area contributed by atoms with Crippen molar-refractivity contribution < 1.29 is 13.2 Å². The zero-order valence-corrected chi connectivity index (χ0v) is 12.0. The highest BCUT2D eigenvalue weighted by Gasteiger charge is 2.35. The van der Waals surface area contributed by atoms with Crippen molar-refractivity contribution in [3.05, 3.63) is 11.4 Å². The van der Waals surface area contributed by atoms with Crippen LogP contribution in [0, 0.1) is 0 Å². The highest BCUT2D eigenvalue weighted by atomic mass is 32.2. The second-order valence-corrected chi connectivity index (χ2v) is 7.68. The lowest BCUT2D eigenvalue weighted by Gasteiger charge is -2.26. The zero-order valence-electron chi connectivity index (χ0n) is 10.4. The highest BCUT2D eigenvalue weighted by molar-refractivity contribution is 7.91. The van der Waals surface area contributed by atoms with Crippen LogP contribution >= 0.6 is 11.3 Å². The second kappa shape index (κ2) is 5.48. The number of hydrogen-bond acceptors (Lipinski definition) is 5. The fourth-order valence-electron chi connectivity index (χ4n) is 2.34. The molecule has 1 fully saturated rings. The van der Waals surface area contributed by atoms with Crippen LogP contribution in [-0.2, 0) is 14.8 Å². The summed E-state index contributed by atoms with van der Waals surface area (Å²) in [7, 11) is -3.69. The molecule has 1 aromatic rings. The molecule has 0 radical (unpaired) electrons. The third-order valence-corrected chi connectivity index (χ3v) is 6.53. The van der Waals surface area contributed by atoms with Gasteiger partial charge in [-0.3, -0.25) is 4.79 Å². The SMILES string of the molecule is NC(=O)CN(C1CCCC1)S(=O)(=O)c1cc(N)cs1. The maximum atomic E-state index is 12.5. The largest absolute Gasteiger partial charge is 0.398 e. The smallest absolute Gasteiger partial charge is 0.253 e. The van der Waals surface area contributed by atoms with Crippen LogP contribution in [0.25, 0.3) is 0 Å². The van der Waals surface area contributed by atoms with E-state index in [2.05, 4.69) is 0 Å². The number of carbonyl (C=O) groups excluding carboxylic acids is 1. The number of nitrogens with two attached hydrogens (primary N) is 2. The van der Waals surface area contributed by atoms with Crippen LogP contribution in [0.3, 0.4) is 0 Å². The molecule has 1 saturated carbocycles. The van der Waals surface area contributed by atoms with Gasteiger partial charge in [-0.15, -0.1) is 11.3 Å². The van der Waals surface area contributed by atoms with Gasteiger partial charge in [-0.1, -0.05) is 12.8 Å². The number of nitrogens with zero attached hydrogens (tertiary/aromatic N) is 1. The lowest BCUT2D eigenvalue weighted by atomic mass is 10.2. The third-order valence-electron chi connectivity index (χ3n) is 3.20. The molecule has 8 heteroatoms. The van der Waals surface area contributed by atoms with Crippen molar-refractivity contribution in [3.8, 4) is 0 Å². The average molecular weight is 303 g/mol. The molecule has 0 aromatic carbocycles. The first-order valence-electron chi connectivity index (χ1n) is 6.05. The van der Waals surface area contributed by atoms with Gasteiger partial charge in [-0.25, -0.2) is 8.42 Å². The van der Waals surface area contributed by atoms with E-state index >= 15 is 0 Å².